The minimum absolute atomic E-state index is 0.0534. The second-order valence-electron chi connectivity index (χ2n) is 13.4. The molecule has 1 aliphatic rings. The van der Waals surface area contributed by atoms with Crippen LogP contribution in [0, 0.1) is 6.92 Å². The maximum Gasteiger partial charge on any atom is 0.0159 e. The lowest BCUT2D eigenvalue weighted by Crippen LogP contribution is -2.14. The Morgan fingerprint density at radius 1 is 0.370 bits per heavy atom. The second-order valence-corrected chi connectivity index (χ2v) is 13.4. The zero-order chi connectivity index (χ0) is 31.0. The molecule has 0 fully saturated rings. The highest BCUT2D eigenvalue weighted by molar-refractivity contribution is 6.23. The lowest BCUT2D eigenvalue weighted by molar-refractivity contribution is 0.660. The molecule has 9 rings (SSSR count). The van der Waals surface area contributed by atoms with Gasteiger partial charge in [-0.15, -0.1) is 0 Å². The molecule has 0 amide bonds. The molecule has 0 atom stereocenters. The van der Waals surface area contributed by atoms with E-state index in [1.54, 1.807) is 0 Å². The summed E-state index contributed by atoms with van der Waals surface area (Å²) in [6.07, 6.45) is 0. The third-order valence-electron chi connectivity index (χ3n) is 10.3. The fourth-order valence-corrected chi connectivity index (χ4v) is 8.15. The summed E-state index contributed by atoms with van der Waals surface area (Å²) in [5.41, 5.74) is 14.5. The largest absolute Gasteiger partial charge is 0.0619 e. The summed E-state index contributed by atoms with van der Waals surface area (Å²) in [5.74, 6) is 0. The van der Waals surface area contributed by atoms with Crippen LogP contribution in [0.4, 0.5) is 0 Å². The highest BCUT2D eigenvalue weighted by atomic mass is 14.4. The van der Waals surface area contributed by atoms with Gasteiger partial charge in [0.15, 0.2) is 0 Å². The van der Waals surface area contributed by atoms with Crippen LogP contribution in [0.25, 0.3) is 76.8 Å². The van der Waals surface area contributed by atoms with Crippen molar-refractivity contribution in [3.63, 3.8) is 0 Å². The summed E-state index contributed by atoms with van der Waals surface area (Å²) < 4.78 is 0. The Bertz CT molecular complexity index is 2510. The minimum atomic E-state index is -0.0534. The first-order valence-corrected chi connectivity index (χ1v) is 16.3. The van der Waals surface area contributed by atoms with E-state index >= 15 is 0 Å². The van der Waals surface area contributed by atoms with Gasteiger partial charge in [-0.05, 0) is 101 Å². The molecule has 0 spiro atoms. The van der Waals surface area contributed by atoms with Gasteiger partial charge in [-0.1, -0.05) is 165 Å². The van der Waals surface area contributed by atoms with Crippen molar-refractivity contribution >= 4 is 32.3 Å². The maximum absolute atomic E-state index is 2.41. The molecule has 1 aliphatic carbocycles. The van der Waals surface area contributed by atoms with Gasteiger partial charge in [-0.2, -0.15) is 0 Å². The van der Waals surface area contributed by atoms with Crippen molar-refractivity contribution in [2.24, 2.45) is 0 Å². The van der Waals surface area contributed by atoms with Crippen LogP contribution in [-0.4, -0.2) is 0 Å². The van der Waals surface area contributed by atoms with Crippen LogP contribution in [0.15, 0.2) is 152 Å². The molecule has 0 radical (unpaired) electrons. The Hall–Kier alpha value is -5.46. The summed E-state index contributed by atoms with van der Waals surface area (Å²) in [4.78, 5) is 0. The molecule has 0 heteroatoms. The predicted octanol–water partition coefficient (Wildman–Crippen LogP) is 12.8. The van der Waals surface area contributed by atoms with Gasteiger partial charge in [0.2, 0.25) is 0 Å². The molecule has 0 nitrogen and oxygen atoms in total. The minimum Gasteiger partial charge on any atom is -0.0619 e. The smallest absolute Gasteiger partial charge is 0.0159 e. The van der Waals surface area contributed by atoms with E-state index in [0.29, 0.717) is 0 Å². The number of aryl methyl sites for hydroxylation is 1. The molecule has 8 aromatic carbocycles. The molecular weight excluding hydrogens is 553 g/mol. The van der Waals surface area contributed by atoms with Gasteiger partial charge in [0.25, 0.3) is 0 Å². The summed E-state index contributed by atoms with van der Waals surface area (Å²) in [7, 11) is 0. The van der Waals surface area contributed by atoms with E-state index in [4.69, 9.17) is 0 Å². The lowest BCUT2D eigenvalue weighted by Gasteiger charge is -2.23. The maximum atomic E-state index is 2.41. The topological polar surface area (TPSA) is 0 Å². The van der Waals surface area contributed by atoms with Crippen molar-refractivity contribution in [1.29, 1.82) is 0 Å². The van der Waals surface area contributed by atoms with E-state index in [1.807, 2.05) is 0 Å². The Morgan fingerprint density at radius 3 is 1.76 bits per heavy atom. The van der Waals surface area contributed by atoms with E-state index in [2.05, 4.69) is 172 Å². The van der Waals surface area contributed by atoms with Gasteiger partial charge in [0.05, 0.1) is 0 Å². The van der Waals surface area contributed by atoms with Crippen molar-refractivity contribution in [3.05, 3.63) is 168 Å². The Morgan fingerprint density at radius 2 is 0.957 bits per heavy atom. The third-order valence-corrected chi connectivity index (χ3v) is 10.3. The van der Waals surface area contributed by atoms with Crippen LogP contribution in [0.5, 0.6) is 0 Å². The van der Waals surface area contributed by atoms with Crippen molar-refractivity contribution in [3.8, 4) is 44.5 Å². The Labute approximate surface area is 270 Å². The highest BCUT2D eigenvalue weighted by Gasteiger charge is 2.37. The van der Waals surface area contributed by atoms with E-state index < -0.39 is 0 Å². The van der Waals surface area contributed by atoms with Crippen LogP contribution in [0.1, 0.15) is 30.5 Å². The summed E-state index contributed by atoms with van der Waals surface area (Å²) in [6.45, 7) is 6.96. The zero-order valence-corrected chi connectivity index (χ0v) is 26.4. The average Bonchev–Trinajstić information content (AvgIpc) is 3.33. The molecule has 0 unspecified atom stereocenters. The second kappa shape index (κ2) is 10.0. The van der Waals surface area contributed by atoms with Crippen LogP contribution < -0.4 is 0 Å². The third kappa shape index (κ3) is 3.87. The molecular formula is C46H34. The lowest BCUT2D eigenvalue weighted by atomic mass is 9.80. The SMILES string of the molecule is Cc1ccc2c(-c3ccccc3-c3ccc4ccccc4c3)c3ccccc3c(-c3cccc4c3-c3ccccc3C4(C)C)c2c1. The number of hydrogen-bond donors (Lipinski definition) is 0. The molecule has 0 aromatic heterocycles. The molecule has 218 valence electrons. The van der Waals surface area contributed by atoms with Crippen molar-refractivity contribution in [2.75, 3.05) is 0 Å². The molecule has 0 saturated heterocycles. The fraction of sp³-hybridized carbons (Fsp3) is 0.0870. The van der Waals surface area contributed by atoms with Crippen LogP contribution in [-0.2, 0) is 5.41 Å². The summed E-state index contributed by atoms with van der Waals surface area (Å²) >= 11 is 0. The van der Waals surface area contributed by atoms with E-state index in [0.717, 1.165) is 0 Å². The molecule has 0 bridgehead atoms. The summed E-state index contributed by atoms with van der Waals surface area (Å²) in [6, 6.07) is 56.5. The van der Waals surface area contributed by atoms with Crippen LogP contribution in [0.2, 0.25) is 0 Å². The number of rotatable bonds is 3. The number of benzene rings is 8. The monoisotopic (exact) mass is 586 g/mol. The first kappa shape index (κ1) is 26.9. The quantitative estimate of drug-likeness (QED) is 0.181. The summed E-state index contributed by atoms with van der Waals surface area (Å²) in [5, 5.41) is 7.69. The van der Waals surface area contributed by atoms with Crippen molar-refractivity contribution in [2.45, 2.75) is 26.2 Å². The van der Waals surface area contributed by atoms with Crippen molar-refractivity contribution < 1.29 is 0 Å². The molecule has 0 heterocycles. The van der Waals surface area contributed by atoms with Gasteiger partial charge in [-0.25, -0.2) is 0 Å². The Kier molecular flexibility index (Phi) is 5.86. The molecule has 0 N–H and O–H groups in total. The van der Waals surface area contributed by atoms with E-state index in [9.17, 15) is 0 Å². The van der Waals surface area contributed by atoms with Crippen molar-refractivity contribution in [1.82, 2.24) is 0 Å². The molecule has 46 heavy (non-hydrogen) atoms. The predicted molar refractivity (Wildman–Crippen MR) is 198 cm³/mol. The van der Waals surface area contributed by atoms with Crippen LogP contribution >= 0.6 is 0 Å². The van der Waals surface area contributed by atoms with Gasteiger partial charge in [0, 0.05) is 5.41 Å². The van der Waals surface area contributed by atoms with Gasteiger partial charge in [0.1, 0.15) is 0 Å². The number of fused-ring (bicyclic) bond motifs is 6. The number of hydrogen-bond acceptors (Lipinski definition) is 0. The fourth-order valence-electron chi connectivity index (χ4n) is 8.15. The standard InChI is InChI=1S/C46H34/c1-29-23-26-37-40(27-29)44(39-20-12-22-42-45(39)38-19-10-11-21-41(38)46(42,2)3)36-18-9-8-17-35(36)43(37)34-16-7-6-15-33(34)32-25-24-30-13-4-5-14-31(30)28-32/h4-28H,1-3H3. The van der Waals surface area contributed by atoms with E-state index in [-0.39, 0.29) is 5.41 Å². The first-order valence-electron chi connectivity index (χ1n) is 16.3. The zero-order valence-electron chi connectivity index (χ0n) is 26.4. The van der Waals surface area contributed by atoms with Gasteiger partial charge in [-0.3, -0.25) is 0 Å². The first-order chi connectivity index (χ1) is 22.5. The molecule has 0 saturated carbocycles. The van der Waals surface area contributed by atoms with E-state index in [1.165, 1.54) is 93.5 Å². The average molecular weight is 587 g/mol. The van der Waals surface area contributed by atoms with Gasteiger partial charge >= 0.3 is 0 Å². The van der Waals surface area contributed by atoms with Gasteiger partial charge < -0.3 is 0 Å². The molecule has 0 aliphatic heterocycles. The van der Waals surface area contributed by atoms with Crippen LogP contribution in [0.3, 0.4) is 0 Å². The Balaban J connectivity index is 1.40. The normalized spacial score (nSPS) is 13.3. The molecule has 8 aromatic rings. The highest BCUT2D eigenvalue weighted by Crippen LogP contribution is 2.54.